The van der Waals surface area contributed by atoms with Gasteiger partial charge in [-0.3, -0.25) is 9.13 Å². The summed E-state index contributed by atoms with van der Waals surface area (Å²) in [6.07, 6.45) is 0. The van der Waals surface area contributed by atoms with E-state index in [0.717, 1.165) is 99.3 Å². The van der Waals surface area contributed by atoms with Crippen molar-refractivity contribution in [3.8, 4) is 57.1 Å². The average molecular weight is 808 g/mol. The molecule has 0 radical (unpaired) electrons. The van der Waals surface area contributed by atoms with Crippen LogP contribution in [0.5, 0.6) is 0 Å². The molecule has 0 saturated carbocycles. The lowest BCUT2D eigenvalue weighted by molar-refractivity contribution is 0.670. The lowest BCUT2D eigenvalue weighted by Gasteiger charge is -2.12. The quantitative estimate of drug-likeness (QED) is 0.166. The second-order valence-electron chi connectivity index (χ2n) is 15.7. The van der Waals surface area contributed by atoms with Crippen LogP contribution in [0.4, 0.5) is 0 Å². The van der Waals surface area contributed by atoms with Crippen molar-refractivity contribution < 1.29 is 4.42 Å². The van der Waals surface area contributed by atoms with Crippen LogP contribution in [-0.2, 0) is 0 Å². The molecule has 13 aromatic rings. The van der Waals surface area contributed by atoms with Crippen molar-refractivity contribution in [1.82, 2.24) is 34.1 Å². The Hall–Kier alpha value is -8.75. The molecule has 0 fully saturated rings. The molecule has 63 heavy (non-hydrogen) atoms. The second kappa shape index (κ2) is 13.9. The lowest BCUT2D eigenvalue weighted by Crippen LogP contribution is -2.06. The highest BCUT2D eigenvalue weighted by molar-refractivity contribution is 6.18. The van der Waals surface area contributed by atoms with E-state index in [1.165, 1.54) is 0 Å². The maximum atomic E-state index is 6.67. The summed E-state index contributed by atoms with van der Waals surface area (Å²) >= 11 is 0. The number of hydrogen-bond donors (Lipinski definition) is 0. The molecule has 0 saturated heterocycles. The van der Waals surface area contributed by atoms with E-state index in [0.29, 0.717) is 23.4 Å². The topological polar surface area (TPSA) is 87.5 Å². The Labute approximate surface area is 360 Å². The minimum absolute atomic E-state index is 0.535. The summed E-state index contributed by atoms with van der Waals surface area (Å²) in [6, 6.07) is 68.4. The van der Waals surface area contributed by atoms with E-state index in [-0.39, 0.29) is 0 Å². The number of benzene rings is 8. The molecule has 8 nitrogen and oxygen atoms in total. The van der Waals surface area contributed by atoms with E-state index < -0.39 is 0 Å². The normalized spacial score (nSPS) is 11.8. The first kappa shape index (κ1) is 35.0. The minimum Gasteiger partial charge on any atom is -0.455 e. The fourth-order valence-corrected chi connectivity index (χ4v) is 9.17. The zero-order chi connectivity index (χ0) is 41.4. The van der Waals surface area contributed by atoms with Crippen molar-refractivity contribution in [2.24, 2.45) is 0 Å². The van der Waals surface area contributed by atoms with Crippen molar-refractivity contribution in [2.75, 3.05) is 0 Å². The van der Waals surface area contributed by atoms with Crippen molar-refractivity contribution in [3.05, 3.63) is 200 Å². The first-order valence-electron chi connectivity index (χ1n) is 20.9. The van der Waals surface area contributed by atoms with Crippen LogP contribution in [0.3, 0.4) is 0 Å². The monoisotopic (exact) mass is 807 g/mol. The third-order valence-electron chi connectivity index (χ3n) is 12.0. The zero-order valence-corrected chi connectivity index (χ0v) is 33.6. The Balaban J connectivity index is 1.08. The SMILES string of the molecule is c1ccc(-c2nc(-c3ccccc3)nc(-n3c4ccccc4c4cc(-c5nc(-c6cccc7c6oc6ccccc67)c6c7ccccc7n(-c7ccccc7)c6n5)ccc43)n2)cc1. The van der Waals surface area contributed by atoms with Crippen LogP contribution in [0, 0.1) is 0 Å². The molecule has 0 amide bonds. The van der Waals surface area contributed by atoms with Gasteiger partial charge in [0.25, 0.3) is 0 Å². The summed E-state index contributed by atoms with van der Waals surface area (Å²) < 4.78 is 11.1. The summed E-state index contributed by atoms with van der Waals surface area (Å²) in [5.74, 6) is 2.34. The van der Waals surface area contributed by atoms with Gasteiger partial charge >= 0.3 is 0 Å². The molecule has 0 aliphatic heterocycles. The van der Waals surface area contributed by atoms with Crippen LogP contribution in [0.1, 0.15) is 0 Å². The fraction of sp³-hybridized carbons (Fsp3) is 0. The Bertz CT molecular complexity index is 3850. The molecule has 0 aliphatic rings. The van der Waals surface area contributed by atoms with Crippen LogP contribution in [0.25, 0.3) is 123 Å². The summed E-state index contributed by atoms with van der Waals surface area (Å²) in [6.45, 7) is 0. The summed E-state index contributed by atoms with van der Waals surface area (Å²) in [4.78, 5) is 26.3. The molecule has 13 rings (SSSR count). The number of hydrogen-bond acceptors (Lipinski definition) is 6. The number of fused-ring (bicyclic) bond motifs is 9. The van der Waals surface area contributed by atoms with Gasteiger partial charge in [0.15, 0.2) is 17.5 Å². The average Bonchev–Trinajstić information content (AvgIpc) is 4.02. The van der Waals surface area contributed by atoms with E-state index in [2.05, 4.69) is 130 Å². The van der Waals surface area contributed by atoms with Crippen molar-refractivity contribution >= 4 is 65.7 Å². The number of rotatable bonds is 6. The van der Waals surface area contributed by atoms with Gasteiger partial charge in [-0.05, 0) is 54.6 Å². The third kappa shape index (κ3) is 5.52. The van der Waals surface area contributed by atoms with Gasteiger partial charge in [-0.25, -0.2) is 15.0 Å². The maximum Gasteiger partial charge on any atom is 0.238 e. The Morgan fingerprint density at radius 3 is 1.67 bits per heavy atom. The van der Waals surface area contributed by atoms with Gasteiger partial charge in [0.2, 0.25) is 5.95 Å². The first-order chi connectivity index (χ1) is 31.2. The van der Waals surface area contributed by atoms with Gasteiger partial charge in [-0.15, -0.1) is 0 Å². The van der Waals surface area contributed by atoms with E-state index >= 15 is 0 Å². The molecule has 0 bridgehead atoms. The molecule has 8 aromatic carbocycles. The third-order valence-corrected chi connectivity index (χ3v) is 12.0. The highest BCUT2D eigenvalue weighted by Gasteiger charge is 2.24. The Morgan fingerprint density at radius 2 is 0.937 bits per heavy atom. The molecule has 8 heteroatoms. The Kier molecular flexibility index (Phi) is 7.74. The summed E-state index contributed by atoms with van der Waals surface area (Å²) in [7, 11) is 0. The molecule has 0 unspecified atom stereocenters. The molecule has 5 aromatic heterocycles. The molecule has 5 heterocycles. The summed E-state index contributed by atoms with van der Waals surface area (Å²) in [5, 5.41) is 6.22. The van der Waals surface area contributed by atoms with Gasteiger partial charge in [0, 0.05) is 54.9 Å². The fourth-order valence-electron chi connectivity index (χ4n) is 9.17. The highest BCUT2D eigenvalue weighted by Crippen LogP contribution is 2.43. The predicted octanol–water partition coefficient (Wildman–Crippen LogP) is 13.4. The summed E-state index contributed by atoms with van der Waals surface area (Å²) in [5.41, 5.74) is 10.8. The van der Waals surface area contributed by atoms with Crippen LogP contribution in [0.2, 0.25) is 0 Å². The number of para-hydroxylation sites is 5. The molecule has 0 spiro atoms. The molecule has 294 valence electrons. The molecular weight excluding hydrogens is 775 g/mol. The van der Waals surface area contributed by atoms with Gasteiger partial charge < -0.3 is 4.42 Å². The molecule has 0 atom stereocenters. The number of nitrogens with zero attached hydrogens (tertiary/aromatic N) is 7. The van der Waals surface area contributed by atoms with Crippen molar-refractivity contribution in [3.63, 3.8) is 0 Å². The molecule has 0 N–H and O–H groups in total. The molecular formula is C55H33N7O. The van der Waals surface area contributed by atoms with Gasteiger partial charge in [-0.2, -0.15) is 9.97 Å². The van der Waals surface area contributed by atoms with E-state index in [4.69, 9.17) is 29.3 Å². The van der Waals surface area contributed by atoms with E-state index in [1.807, 2.05) is 78.9 Å². The van der Waals surface area contributed by atoms with Crippen LogP contribution in [-0.4, -0.2) is 34.1 Å². The van der Waals surface area contributed by atoms with Gasteiger partial charge in [0.05, 0.1) is 27.6 Å². The van der Waals surface area contributed by atoms with Gasteiger partial charge in [0.1, 0.15) is 16.8 Å². The lowest BCUT2D eigenvalue weighted by atomic mass is 10.0. The van der Waals surface area contributed by atoms with Crippen LogP contribution < -0.4 is 0 Å². The minimum atomic E-state index is 0.535. The second-order valence-corrected chi connectivity index (χ2v) is 15.7. The van der Waals surface area contributed by atoms with Gasteiger partial charge in [-0.1, -0.05) is 146 Å². The van der Waals surface area contributed by atoms with Crippen LogP contribution >= 0.6 is 0 Å². The zero-order valence-electron chi connectivity index (χ0n) is 33.6. The van der Waals surface area contributed by atoms with Crippen molar-refractivity contribution in [2.45, 2.75) is 0 Å². The van der Waals surface area contributed by atoms with Crippen LogP contribution in [0.15, 0.2) is 205 Å². The number of aromatic nitrogens is 7. The Morgan fingerprint density at radius 1 is 0.365 bits per heavy atom. The maximum absolute atomic E-state index is 6.67. The largest absolute Gasteiger partial charge is 0.455 e. The van der Waals surface area contributed by atoms with E-state index in [9.17, 15) is 0 Å². The molecule has 0 aliphatic carbocycles. The van der Waals surface area contributed by atoms with E-state index in [1.54, 1.807) is 0 Å². The number of furan rings is 1. The first-order valence-corrected chi connectivity index (χ1v) is 20.9. The van der Waals surface area contributed by atoms with Crippen molar-refractivity contribution in [1.29, 1.82) is 0 Å². The standard InChI is InChI=1S/C55H33N7O/c1-4-17-34(18-5-1)51-57-52(35-19-6-2-7-20-35)60-55(59-51)62-44-28-13-10-23-38(44)43-33-36(31-32-46(43)62)53-56-49(42-27-16-26-40-39-24-12-15-30-47(39)63-50(40)42)48-41-25-11-14-29-45(41)61(54(48)58-53)37-21-8-3-9-22-37/h1-33H. The smallest absolute Gasteiger partial charge is 0.238 e. The predicted molar refractivity (Wildman–Crippen MR) is 253 cm³/mol. The highest BCUT2D eigenvalue weighted by atomic mass is 16.3.